The number of piperazine rings is 1. The topological polar surface area (TPSA) is 81.2 Å². The summed E-state index contributed by atoms with van der Waals surface area (Å²) in [6.45, 7) is 18.5. The van der Waals surface area contributed by atoms with Gasteiger partial charge in [0.1, 0.15) is 5.60 Å². The molecule has 2 aliphatic heterocycles. The first-order valence-electron chi connectivity index (χ1n) is 11.2. The summed E-state index contributed by atoms with van der Waals surface area (Å²) in [6.07, 6.45) is 1.36. The van der Waals surface area contributed by atoms with E-state index in [1.165, 1.54) is 0 Å². The number of carbonyl (C=O) groups excluding carboxylic acids is 2. The number of aryl methyl sites for hydroxylation is 1. The highest BCUT2D eigenvalue weighted by molar-refractivity contribution is 6.62. The van der Waals surface area contributed by atoms with Crippen LogP contribution in [0.15, 0.2) is 12.3 Å². The molecular formula is C23H36BN3O5. The second kappa shape index (κ2) is 8.34. The molecule has 0 radical (unpaired) electrons. The van der Waals surface area contributed by atoms with E-state index in [2.05, 4.69) is 4.98 Å². The third-order valence-corrected chi connectivity index (χ3v) is 6.41. The smallest absolute Gasteiger partial charge is 0.444 e. The second-order valence-electron chi connectivity index (χ2n) is 10.8. The van der Waals surface area contributed by atoms with Crippen LogP contribution in [0, 0.1) is 6.92 Å². The largest absolute Gasteiger partial charge is 0.496 e. The summed E-state index contributed by atoms with van der Waals surface area (Å²) in [6, 6.07) is 1.67. The molecule has 0 unspecified atom stereocenters. The molecule has 1 aromatic heterocycles. The lowest BCUT2D eigenvalue weighted by Gasteiger charge is -2.40. The van der Waals surface area contributed by atoms with Gasteiger partial charge < -0.3 is 23.8 Å². The van der Waals surface area contributed by atoms with Crippen molar-refractivity contribution >= 4 is 24.6 Å². The Morgan fingerprint density at radius 3 is 2.28 bits per heavy atom. The minimum absolute atomic E-state index is 0.107. The first kappa shape index (κ1) is 24.5. The van der Waals surface area contributed by atoms with Crippen LogP contribution in [-0.4, -0.2) is 76.4 Å². The number of rotatable bonds is 2. The summed E-state index contributed by atoms with van der Waals surface area (Å²) in [5, 5.41) is 0. The molecule has 0 bridgehead atoms. The van der Waals surface area contributed by atoms with E-state index in [0.717, 1.165) is 5.46 Å². The molecule has 2 amide bonds. The number of hydrogen-bond acceptors (Lipinski definition) is 6. The Morgan fingerprint density at radius 1 is 1.16 bits per heavy atom. The molecule has 176 valence electrons. The molecule has 8 nitrogen and oxygen atoms in total. The van der Waals surface area contributed by atoms with Gasteiger partial charge in [-0.1, -0.05) is 0 Å². The van der Waals surface area contributed by atoms with Gasteiger partial charge in [-0.15, -0.1) is 0 Å². The van der Waals surface area contributed by atoms with Crippen molar-refractivity contribution in [2.24, 2.45) is 0 Å². The number of hydrogen-bond donors (Lipinski definition) is 0. The lowest BCUT2D eigenvalue weighted by molar-refractivity contribution is 0.00196. The number of pyridine rings is 1. The summed E-state index contributed by atoms with van der Waals surface area (Å²) in [5.41, 5.74) is 0.395. The van der Waals surface area contributed by atoms with Crippen LogP contribution in [0.5, 0.6) is 0 Å². The first-order chi connectivity index (χ1) is 14.6. The van der Waals surface area contributed by atoms with Gasteiger partial charge >= 0.3 is 13.2 Å². The van der Waals surface area contributed by atoms with E-state index in [1.54, 1.807) is 16.0 Å². The van der Waals surface area contributed by atoms with Gasteiger partial charge in [0, 0.05) is 43.0 Å². The Bertz CT molecular complexity index is 880. The Labute approximate surface area is 191 Å². The first-order valence-corrected chi connectivity index (χ1v) is 11.2. The Kier molecular flexibility index (Phi) is 6.39. The van der Waals surface area contributed by atoms with E-state index < -0.39 is 23.9 Å². The molecular weight excluding hydrogens is 409 g/mol. The van der Waals surface area contributed by atoms with Crippen molar-refractivity contribution in [1.29, 1.82) is 0 Å². The molecule has 0 spiro atoms. The predicted molar refractivity (Wildman–Crippen MR) is 123 cm³/mol. The van der Waals surface area contributed by atoms with E-state index in [0.29, 0.717) is 30.9 Å². The fraction of sp³-hybridized carbons (Fsp3) is 0.696. The van der Waals surface area contributed by atoms with Crippen LogP contribution in [0.4, 0.5) is 4.79 Å². The maximum Gasteiger partial charge on any atom is 0.496 e. The van der Waals surface area contributed by atoms with E-state index in [1.807, 2.05) is 68.4 Å². The molecule has 0 N–H and O–H groups in total. The Hall–Kier alpha value is -2.13. The number of nitrogens with zero attached hydrogens (tertiary/aromatic N) is 3. The Morgan fingerprint density at radius 2 is 1.75 bits per heavy atom. The molecule has 2 aliphatic rings. The summed E-state index contributed by atoms with van der Waals surface area (Å²) in [5.74, 6) is -0.107. The van der Waals surface area contributed by atoms with E-state index in [9.17, 15) is 9.59 Å². The van der Waals surface area contributed by atoms with Crippen LogP contribution in [0.1, 0.15) is 71.4 Å². The average molecular weight is 445 g/mol. The highest BCUT2D eigenvalue weighted by Gasteiger charge is 2.52. The fourth-order valence-electron chi connectivity index (χ4n) is 3.78. The van der Waals surface area contributed by atoms with Gasteiger partial charge in [-0.3, -0.25) is 9.78 Å². The third kappa shape index (κ3) is 4.93. The quantitative estimate of drug-likeness (QED) is 0.652. The minimum Gasteiger partial charge on any atom is -0.444 e. The lowest BCUT2D eigenvalue weighted by atomic mass is 9.79. The summed E-state index contributed by atoms with van der Waals surface area (Å²) in [4.78, 5) is 33.7. The van der Waals surface area contributed by atoms with E-state index in [-0.39, 0.29) is 18.0 Å². The lowest BCUT2D eigenvalue weighted by Crippen LogP contribution is -2.56. The van der Waals surface area contributed by atoms with E-state index in [4.69, 9.17) is 14.0 Å². The fourth-order valence-corrected chi connectivity index (χ4v) is 3.78. The zero-order chi connectivity index (χ0) is 24.1. The third-order valence-electron chi connectivity index (χ3n) is 6.41. The average Bonchev–Trinajstić information content (AvgIpc) is 2.87. The van der Waals surface area contributed by atoms with Gasteiger partial charge in [0.2, 0.25) is 0 Å². The van der Waals surface area contributed by atoms with Gasteiger partial charge in [0.25, 0.3) is 5.91 Å². The number of amides is 2. The Balaban J connectivity index is 1.74. The number of carbonyl (C=O) groups is 2. The van der Waals surface area contributed by atoms with Crippen LogP contribution in [0.3, 0.4) is 0 Å². The summed E-state index contributed by atoms with van der Waals surface area (Å²) < 4.78 is 17.7. The highest BCUT2D eigenvalue weighted by Crippen LogP contribution is 2.36. The standard InChI is InChI=1S/C23H36BN3O5/c1-15-14-26(10-11-27(15)20(29)30-21(3,4)5)19(28)18-12-17(13-25-16(18)2)24-31-22(6,7)23(8,9)32-24/h12-13,15H,10-11,14H2,1-9H3/t15-/m0/s1. The molecule has 2 fully saturated rings. The molecule has 0 aliphatic carbocycles. The molecule has 9 heteroatoms. The van der Waals surface area contributed by atoms with Crippen molar-refractivity contribution in [2.75, 3.05) is 19.6 Å². The van der Waals surface area contributed by atoms with Crippen molar-refractivity contribution < 1.29 is 23.6 Å². The zero-order valence-electron chi connectivity index (χ0n) is 20.8. The van der Waals surface area contributed by atoms with Crippen molar-refractivity contribution in [3.05, 3.63) is 23.5 Å². The van der Waals surface area contributed by atoms with Crippen LogP contribution in [0.25, 0.3) is 0 Å². The molecule has 3 rings (SSSR count). The van der Waals surface area contributed by atoms with Crippen molar-refractivity contribution in [2.45, 2.75) is 85.2 Å². The van der Waals surface area contributed by atoms with Crippen LogP contribution in [0.2, 0.25) is 0 Å². The van der Waals surface area contributed by atoms with Gasteiger partial charge in [-0.2, -0.15) is 0 Å². The summed E-state index contributed by atoms with van der Waals surface area (Å²) in [7, 11) is -0.581. The normalized spacial score (nSPS) is 22.8. The maximum absolute atomic E-state index is 13.4. The number of aromatic nitrogens is 1. The number of ether oxygens (including phenoxy) is 1. The molecule has 3 heterocycles. The molecule has 1 atom stereocenters. The van der Waals surface area contributed by atoms with Crippen LogP contribution in [-0.2, 0) is 14.0 Å². The summed E-state index contributed by atoms with van der Waals surface area (Å²) >= 11 is 0. The predicted octanol–water partition coefficient (Wildman–Crippen LogP) is 2.77. The second-order valence-corrected chi connectivity index (χ2v) is 10.8. The maximum atomic E-state index is 13.4. The van der Waals surface area contributed by atoms with Crippen molar-refractivity contribution in [3.8, 4) is 0 Å². The van der Waals surface area contributed by atoms with Gasteiger partial charge in [-0.25, -0.2) is 4.79 Å². The molecule has 2 saturated heterocycles. The van der Waals surface area contributed by atoms with Gasteiger partial charge in [0.15, 0.2) is 0 Å². The molecule has 1 aromatic rings. The monoisotopic (exact) mass is 445 g/mol. The van der Waals surface area contributed by atoms with Crippen molar-refractivity contribution in [3.63, 3.8) is 0 Å². The molecule has 0 aromatic carbocycles. The molecule has 0 saturated carbocycles. The molecule has 32 heavy (non-hydrogen) atoms. The SMILES string of the molecule is Cc1ncc(B2OC(C)(C)C(C)(C)O2)cc1C(=O)N1CCN(C(=O)OC(C)(C)C)[C@@H](C)C1. The van der Waals surface area contributed by atoms with E-state index >= 15 is 0 Å². The minimum atomic E-state index is -0.581. The van der Waals surface area contributed by atoms with Crippen molar-refractivity contribution in [1.82, 2.24) is 14.8 Å². The van der Waals surface area contributed by atoms with Crippen LogP contribution >= 0.6 is 0 Å². The van der Waals surface area contributed by atoms with Gasteiger partial charge in [0.05, 0.1) is 16.8 Å². The highest BCUT2D eigenvalue weighted by atomic mass is 16.7. The van der Waals surface area contributed by atoms with Crippen LogP contribution < -0.4 is 5.46 Å². The zero-order valence-corrected chi connectivity index (χ0v) is 20.8. The van der Waals surface area contributed by atoms with Gasteiger partial charge in [-0.05, 0) is 68.4 Å².